The summed E-state index contributed by atoms with van der Waals surface area (Å²) in [6.07, 6.45) is 3.05. The second-order valence-corrected chi connectivity index (χ2v) is 5.61. The van der Waals surface area contributed by atoms with Gasteiger partial charge in [-0.1, -0.05) is 11.6 Å². The van der Waals surface area contributed by atoms with Crippen molar-refractivity contribution in [1.82, 2.24) is 5.32 Å². The second kappa shape index (κ2) is 6.75. The summed E-state index contributed by atoms with van der Waals surface area (Å²) in [5.41, 5.74) is 1.72. The summed E-state index contributed by atoms with van der Waals surface area (Å²) in [6.45, 7) is 2.46. The van der Waals surface area contributed by atoms with E-state index in [9.17, 15) is 9.59 Å². The van der Waals surface area contributed by atoms with E-state index in [1.54, 1.807) is 12.1 Å². The summed E-state index contributed by atoms with van der Waals surface area (Å²) in [5.74, 6) is 0.301. The fraction of sp³-hybridized carbons (Fsp3) is 0.467. The van der Waals surface area contributed by atoms with E-state index >= 15 is 0 Å². The van der Waals surface area contributed by atoms with Crippen LogP contribution in [0.4, 0.5) is 5.69 Å². The molecule has 1 aromatic rings. The van der Waals surface area contributed by atoms with Gasteiger partial charge in [-0.3, -0.25) is 9.59 Å². The van der Waals surface area contributed by atoms with Crippen molar-refractivity contribution >= 4 is 29.1 Å². The molecule has 0 atom stereocenters. The van der Waals surface area contributed by atoms with Gasteiger partial charge in [0.25, 0.3) is 0 Å². The Labute approximate surface area is 123 Å². The molecule has 0 saturated heterocycles. The third-order valence-corrected chi connectivity index (χ3v) is 3.53. The van der Waals surface area contributed by atoms with Gasteiger partial charge in [-0.15, -0.1) is 0 Å². The monoisotopic (exact) mass is 294 g/mol. The molecule has 2 N–H and O–H groups in total. The van der Waals surface area contributed by atoms with Crippen molar-refractivity contribution in [3.8, 4) is 0 Å². The molecule has 1 aliphatic rings. The molecule has 0 radical (unpaired) electrons. The van der Waals surface area contributed by atoms with Crippen molar-refractivity contribution < 1.29 is 9.59 Å². The number of rotatable bonds is 6. The lowest BCUT2D eigenvalue weighted by molar-refractivity contribution is -0.122. The first-order valence-electron chi connectivity index (χ1n) is 6.90. The number of benzene rings is 1. The number of nitrogens with one attached hydrogen (secondary N) is 2. The molecule has 1 fully saturated rings. The molecule has 4 nitrogen and oxygen atoms in total. The third kappa shape index (κ3) is 4.53. The number of anilines is 1. The first kappa shape index (κ1) is 14.9. The van der Waals surface area contributed by atoms with Gasteiger partial charge in [0.1, 0.15) is 0 Å². The Morgan fingerprint density at radius 3 is 2.75 bits per heavy atom. The van der Waals surface area contributed by atoms with Crippen LogP contribution < -0.4 is 10.6 Å². The Balaban J connectivity index is 1.68. The molecule has 20 heavy (non-hydrogen) atoms. The van der Waals surface area contributed by atoms with Crippen LogP contribution in [0.25, 0.3) is 0 Å². The summed E-state index contributed by atoms with van der Waals surface area (Å²) >= 11 is 5.86. The van der Waals surface area contributed by atoms with Crippen molar-refractivity contribution in [2.24, 2.45) is 5.92 Å². The molecule has 0 aliphatic heterocycles. The number of hydrogen-bond donors (Lipinski definition) is 2. The maximum Gasteiger partial charge on any atom is 0.224 e. The normalized spacial score (nSPS) is 13.9. The smallest absolute Gasteiger partial charge is 0.224 e. The van der Waals surface area contributed by atoms with Crippen LogP contribution in [0, 0.1) is 12.8 Å². The quantitative estimate of drug-likeness (QED) is 0.793. The van der Waals surface area contributed by atoms with Crippen molar-refractivity contribution in [3.63, 3.8) is 0 Å². The highest BCUT2D eigenvalue weighted by Gasteiger charge is 2.28. The second-order valence-electron chi connectivity index (χ2n) is 5.18. The minimum absolute atomic E-state index is 0.0453. The van der Waals surface area contributed by atoms with E-state index in [0.29, 0.717) is 24.4 Å². The Kier molecular flexibility index (Phi) is 5.01. The molecule has 2 amide bonds. The Hall–Kier alpha value is -1.55. The van der Waals surface area contributed by atoms with Gasteiger partial charge in [0.05, 0.1) is 0 Å². The predicted octanol–water partition coefficient (Wildman–Crippen LogP) is 2.89. The number of carbonyl (C=O) groups is 2. The Bertz CT molecular complexity index is 513. The zero-order valence-electron chi connectivity index (χ0n) is 11.5. The van der Waals surface area contributed by atoms with Crippen LogP contribution in [0.3, 0.4) is 0 Å². The maximum absolute atomic E-state index is 11.8. The molecule has 1 aromatic carbocycles. The highest BCUT2D eigenvalue weighted by Crippen LogP contribution is 2.28. The molecule has 1 saturated carbocycles. The average Bonchev–Trinajstić information content (AvgIpc) is 3.22. The standard InChI is InChI=1S/C15H19ClN2O2/c1-10-9-12(16)6-7-13(10)18-14(19)3-2-8-17-15(20)11-4-5-11/h6-7,9,11H,2-5,8H2,1H3,(H,17,20)(H,18,19). The zero-order valence-corrected chi connectivity index (χ0v) is 12.3. The van der Waals surface area contributed by atoms with Gasteiger partial charge in [-0.2, -0.15) is 0 Å². The van der Waals surface area contributed by atoms with E-state index in [0.717, 1.165) is 24.1 Å². The summed E-state index contributed by atoms with van der Waals surface area (Å²) in [5, 5.41) is 6.35. The van der Waals surface area contributed by atoms with Crippen LogP contribution in [0.5, 0.6) is 0 Å². The van der Waals surface area contributed by atoms with E-state index in [-0.39, 0.29) is 17.7 Å². The van der Waals surface area contributed by atoms with Gasteiger partial charge in [0.15, 0.2) is 0 Å². The van der Waals surface area contributed by atoms with Crippen LogP contribution in [-0.2, 0) is 9.59 Å². The Morgan fingerprint density at radius 1 is 1.35 bits per heavy atom. The summed E-state index contributed by atoms with van der Waals surface area (Å²) in [7, 11) is 0. The molecule has 0 aromatic heterocycles. The zero-order chi connectivity index (χ0) is 14.5. The molecule has 0 unspecified atom stereocenters. The van der Waals surface area contributed by atoms with Crippen LogP contribution in [0.1, 0.15) is 31.2 Å². The molecule has 1 aliphatic carbocycles. The Morgan fingerprint density at radius 2 is 2.10 bits per heavy atom. The first-order chi connectivity index (χ1) is 9.56. The lowest BCUT2D eigenvalue weighted by Crippen LogP contribution is -2.26. The fourth-order valence-corrected chi connectivity index (χ4v) is 2.16. The van der Waals surface area contributed by atoms with E-state index in [1.807, 2.05) is 13.0 Å². The minimum Gasteiger partial charge on any atom is -0.356 e. The van der Waals surface area contributed by atoms with Crippen molar-refractivity contribution in [3.05, 3.63) is 28.8 Å². The van der Waals surface area contributed by atoms with Crippen molar-refractivity contribution in [2.75, 3.05) is 11.9 Å². The van der Waals surface area contributed by atoms with Gasteiger partial charge in [0, 0.05) is 29.6 Å². The van der Waals surface area contributed by atoms with E-state index < -0.39 is 0 Å². The molecular formula is C15H19ClN2O2. The highest BCUT2D eigenvalue weighted by molar-refractivity contribution is 6.30. The highest BCUT2D eigenvalue weighted by atomic mass is 35.5. The molecule has 2 rings (SSSR count). The summed E-state index contributed by atoms with van der Waals surface area (Å²) in [6, 6.07) is 5.36. The van der Waals surface area contributed by atoms with Gasteiger partial charge < -0.3 is 10.6 Å². The minimum atomic E-state index is -0.0453. The van der Waals surface area contributed by atoms with Crippen LogP contribution in [0.15, 0.2) is 18.2 Å². The maximum atomic E-state index is 11.8. The molecule has 0 heterocycles. The van der Waals surface area contributed by atoms with Crippen LogP contribution in [-0.4, -0.2) is 18.4 Å². The molecule has 0 bridgehead atoms. The molecule has 108 valence electrons. The first-order valence-corrected chi connectivity index (χ1v) is 7.28. The number of hydrogen-bond acceptors (Lipinski definition) is 2. The fourth-order valence-electron chi connectivity index (χ4n) is 1.93. The molecular weight excluding hydrogens is 276 g/mol. The van der Waals surface area contributed by atoms with Gasteiger partial charge in [0.2, 0.25) is 11.8 Å². The predicted molar refractivity (Wildman–Crippen MR) is 79.8 cm³/mol. The number of amides is 2. The summed E-state index contributed by atoms with van der Waals surface area (Å²) in [4.78, 5) is 23.2. The summed E-state index contributed by atoms with van der Waals surface area (Å²) < 4.78 is 0. The van der Waals surface area contributed by atoms with E-state index in [2.05, 4.69) is 10.6 Å². The van der Waals surface area contributed by atoms with Gasteiger partial charge in [-0.05, 0) is 49.9 Å². The topological polar surface area (TPSA) is 58.2 Å². The lowest BCUT2D eigenvalue weighted by Gasteiger charge is -2.09. The van der Waals surface area contributed by atoms with Gasteiger partial charge in [-0.25, -0.2) is 0 Å². The largest absolute Gasteiger partial charge is 0.356 e. The van der Waals surface area contributed by atoms with Crippen molar-refractivity contribution in [1.29, 1.82) is 0 Å². The SMILES string of the molecule is Cc1cc(Cl)ccc1NC(=O)CCCNC(=O)C1CC1. The number of carbonyl (C=O) groups excluding carboxylic acids is 2. The van der Waals surface area contributed by atoms with E-state index in [4.69, 9.17) is 11.6 Å². The average molecular weight is 295 g/mol. The number of halogens is 1. The third-order valence-electron chi connectivity index (χ3n) is 3.29. The molecule has 5 heteroatoms. The molecule has 0 spiro atoms. The lowest BCUT2D eigenvalue weighted by atomic mass is 10.2. The van der Waals surface area contributed by atoms with Crippen LogP contribution >= 0.6 is 11.6 Å². The van der Waals surface area contributed by atoms with Crippen LogP contribution in [0.2, 0.25) is 5.02 Å². The van der Waals surface area contributed by atoms with Gasteiger partial charge >= 0.3 is 0 Å². The van der Waals surface area contributed by atoms with Crippen molar-refractivity contribution in [2.45, 2.75) is 32.6 Å². The van der Waals surface area contributed by atoms with E-state index in [1.165, 1.54) is 0 Å². The number of aryl methyl sites for hydroxylation is 1.